The van der Waals surface area contributed by atoms with E-state index in [-0.39, 0.29) is 12.2 Å². The number of aromatic amines is 1. The molecule has 0 saturated carbocycles. The van der Waals surface area contributed by atoms with E-state index in [1.807, 2.05) is 36.4 Å². The first-order chi connectivity index (χ1) is 14.5. The van der Waals surface area contributed by atoms with Crippen LogP contribution in [0.4, 0.5) is 0 Å². The lowest BCUT2D eigenvalue weighted by atomic mass is 9.96. The molecule has 1 N–H and O–H groups in total. The summed E-state index contributed by atoms with van der Waals surface area (Å²) in [7, 11) is 1.59. The molecule has 3 heterocycles. The van der Waals surface area contributed by atoms with Crippen molar-refractivity contribution in [2.24, 2.45) is 4.99 Å². The number of hydrogen-bond acceptors (Lipinski definition) is 6. The summed E-state index contributed by atoms with van der Waals surface area (Å²) in [4.78, 5) is 34.3. The van der Waals surface area contributed by atoms with Crippen LogP contribution in [0, 0.1) is 0 Å². The van der Waals surface area contributed by atoms with Crippen molar-refractivity contribution in [1.29, 1.82) is 0 Å². The number of H-pyrrole nitrogens is 1. The number of fused-ring (bicyclic) bond motifs is 1. The predicted octanol–water partition coefficient (Wildman–Crippen LogP) is 2.14. The van der Waals surface area contributed by atoms with Crippen LogP contribution in [0.3, 0.4) is 0 Å². The molecule has 1 aliphatic heterocycles. The molecule has 1 aromatic carbocycles. The van der Waals surface area contributed by atoms with Crippen LogP contribution in [0.5, 0.6) is 5.75 Å². The van der Waals surface area contributed by atoms with Gasteiger partial charge in [0.25, 0.3) is 5.56 Å². The number of nitrogens with one attached hydrogen (secondary N) is 1. The fraction of sp³-hybridized carbons (Fsp3) is 0.227. The lowest BCUT2D eigenvalue weighted by Gasteiger charge is -2.24. The smallest absolute Gasteiger partial charge is 0.338 e. The second-order valence-corrected chi connectivity index (χ2v) is 7.71. The summed E-state index contributed by atoms with van der Waals surface area (Å²) in [6.07, 6.45) is 3.59. The van der Waals surface area contributed by atoms with Crippen molar-refractivity contribution < 1.29 is 14.3 Å². The van der Waals surface area contributed by atoms with Crippen LogP contribution in [0.25, 0.3) is 6.08 Å². The van der Waals surface area contributed by atoms with Gasteiger partial charge < -0.3 is 14.5 Å². The number of methoxy groups -OCH3 is 1. The van der Waals surface area contributed by atoms with E-state index in [2.05, 4.69) is 9.98 Å². The summed E-state index contributed by atoms with van der Waals surface area (Å²) in [6.45, 7) is 3.76. The van der Waals surface area contributed by atoms with E-state index < -0.39 is 12.0 Å². The van der Waals surface area contributed by atoms with Gasteiger partial charge in [-0.2, -0.15) is 0 Å². The molecule has 0 fully saturated rings. The molecule has 0 amide bonds. The van der Waals surface area contributed by atoms with Crippen LogP contribution in [-0.2, 0) is 9.53 Å². The number of ether oxygens (including phenoxy) is 2. The van der Waals surface area contributed by atoms with Gasteiger partial charge in [-0.25, -0.2) is 9.79 Å². The Bertz CT molecular complexity index is 1280. The topological polar surface area (TPSA) is 85.7 Å². The predicted molar refractivity (Wildman–Crippen MR) is 114 cm³/mol. The Morgan fingerprint density at radius 2 is 2.07 bits per heavy atom. The molecule has 0 spiro atoms. The number of aromatic nitrogens is 2. The normalized spacial score (nSPS) is 16.2. The second kappa shape index (κ2) is 8.16. The molecule has 4 rings (SSSR count). The molecule has 7 nitrogen and oxygen atoms in total. The maximum Gasteiger partial charge on any atom is 0.338 e. The zero-order chi connectivity index (χ0) is 21.3. The van der Waals surface area contributed by atoms with E-state index in [0.29, 0.717) is 26.4 Å². The third-order valence-corrected chi connectivity index (χ3v) is 5.84. The standard InChI is InChI=1S/C22H21N3O4S/c1-4-29-21(27)18-13(2)24-22-25(19(18)14-7-9-16(28-3)10-8-14)20(26)17(30-22)12-15-6-5-11-23-15/h5-12,19,23H,4H2,1-3H3/b17-12-/t19-/m1/s1. The van der Waals surface area contributed by atoms with E-state index in [0.717, 1.165) is 11.3 Å². The minimum absolute atomic E-state index is 0.205. The minimum Gasteiger partial charge on any atom is -0.497 e. The summed E-state index contributed by atoms with van der Waals surface area (Å²) in [5.41, 5.74) is 2.30. The third-order valence-electron chi connectivity index (χ3n) is 4.86. The van der Waals surface area contributed by atoms with E-state index in [9.17, 15) is 9.59 Å². The Labute approximate surface area is 176 Å². The maximum absolute atomic E-state index is 13.3. The number of carbonyl (C=O) groups excluding carboxylic acids is 1. The average molecular weight is 423 g/mol. The van der Waals surface area contributed by atoms with Gasteiger partial charge in [0.2, 0.25) is 0 Å². The zero-order valence-electron chi connectivity index (χ0n) is 16.8. The Balaban J connectivity index is 1.95. The lowest BCUT2D eigenvalue weighted by Crippen LogP contribution is -2.39. The monoisotopic (exact) mass is 423 g/mol. The molecular formula is C22H21N3O4S. The molecule has 8 heteroatoms. The van der Waals surface area contributed by atoms with Crippen LogP contribution in [-0.4, -0.2) is 29.2 Å². The van der Waals surface area contributed by atoms with Crippen LogP contribution >= 0.6 is 11.3 Å². The number of allylic oxidation sites excluding steroid dienone is 1. The number of benzene rings is 1. The van der Waals surface area contributed by atoms with Gasteiger partial charge in [0, 0.05) is 11.9 Å². The largest absolute Gasteiger partial charge is 0.497 e. The number of rotatable bonds is 5. The van der Waals surface area contributed by atoms with Crippen molar-refractivity contribution in [3.8, 4) is 5.75 Å². The first-order valence-corrected chi connectivity index (χ1v) is 10.3. The maximum atomic E-state index is 13.3. The number of hydrogen-bond donors (Lipinski definition) is 1. The van der Waals surface area contributed by atoms with Gasteiger partial charge in [0.1, 0.15) is 5.75 Å². The molecule has 30 heavy (non-hydrogen) atoms. The molecule has 0 unspecified atom stereocenters. The molecule has 154 valence electrons. The summed E-state index contributed by atoms with van der Waals surface area (Å²) in [5.74, 6) is 0.217. The molecule has 1 atom stereocenters. The second-order valence-electron chi connectivity index (χ2n) is 6.70. The fourth-order valence-electron chi connectivity index (χ4n) is 3.47. The molecule has 3 aromatic rings. The average Bonchev–Trinajstić information content (AvgIpc) is 3.36. The van der Waals surface area contributed by atoms with E-state index in [1.54, 1.807) is 37.8 Å². The quantitative estimate of drug-likeness (QED) is 0.637. The van der Waals surface area contributed by atoms with Crippen molar-refractivity contribution in [2.45, 2.75) is 19.9 Å². The highest BCUT2D eigenvalue weighted by Gasteiger charge is 2.33. The first-order valence-electron chi connectivity index (χ1n) is 9.50. The van der Waals surface area contributed by atoms with Gasteiger partial charge in [-0.1, -0.05) is 23.5 Å². The fourth-order valence-corrected chi connectivity index (χ4v) is 4.51. The Hall–Kier alpha value is -3.39. The molecule has 0 bridgehead atoms. The van der Waals surface area contributed by atoms with Gasteiger partial charge in [-0.05, 0) is 49.8 Å². The van der Waals surface area contributed by atoms with Gasteiger partial charge in [0.15, 0.2) is 4.80 Å². The van der Waals surface area contributed by atoms with Gasteiger partial charge in [-0.3, -0.25) is 9.36 Å². The Morgan fingerprint density at radius 3 is 2.70 bits per heavy atom. The van der Waals surface area contributed by atoms with Crippen LogP contribution in [0.2, 0.25) is 0 Å². The minimum atomic E-state index is -0.628. The molecule has 0 saturated heterocycles. The lowest BCUT2D eigenvalue weighted by molar-refractivity contribution is -0.139. The van der Waals surface area contributed by atoms with Crippen molar-refractivity contribution in [1.82, 2.24) is 9.55 Å². The highest BCUT2D eigenvalue weighted by atomic mass is 32.1. The number of esters is 1. The summed E-state index contributed by atoms with van der Waals surface area (Å²) >= 11 is 1.29. The summed E-state index contributed by atoms with van der Waals surface area (Å²) in [6, 6.07) is 10.4. The van der Waals surface area contributed by atoms with Crippen molar-refractivity contribution in [3.63, 3.8) is 0 Å². The summed E-state index contributed by atoms with van der Waals surface area (Å²) < 4.78 is 12.6. The first kappa shape index (κ1) is 19.9. The van der Waals surface area contributed by atoms with Crippen molar-refractivity contribution in [2.75, 3.05) is 13.7 Å². The molecule has 1 aliphatic rings. The van der Waals surface area contributed by atoms with Gasteiger partial charge >= 0.3 is 5.97 Å². The van der Waals surface area contributed by atoms with E-state index in [1.165, 1.54) is 11.3 Å². The zero-order valence-corrected chi connectivity index (χ0v) is 17.7. The number of carbonyl (C=O) groups is 1. The van der Waals surface area contributed by atoms with Crippen molar-refractivity contribution in [3.05, 3.63) is 84.8 Å². The summed E-state index contributed by atoms with van der Waals surface area (Å²) in [5, 5.41) is 0. The third kappa shape index (κ3) is 3.50. The van der Waals surface area contributed by atoms with Crippen LogP contribution in [0.1, 0.15) is 31.1 Å². The highest BCUT2D eigenvalue weighted by Crippen LogP contribution is 2.31. The molecule has 0 radical (unpaired) electrons. The van der Waals surface area contributed by atoms with Gasteiger partial charge in [-0.15, -0.1) is 0 Å². The van der Waals surface area contributed by atoms with E-state index >= 15 is 0 Å². The number of thiazole rings is 1. The van der Waals surface area contributed by atoms with Crippen LogP contribution < -0.4 is 19.6 Å². The van der Waals surface area contributed by atoms with E-state index in [4.69, 9.17) is 9.47 Å². The number of nitrogens with zero attached hydrogens (tertiary/aromatic N) is 2. The molecule has 0 aliphatic carbocycles. The van der Waals surface area contributed by atoms with Crippen LogP contribution in [0.15, 0.2) is 63.7 Å². The Morgan fingerprint density at radius 1 is 1.30 bits per heavy atom. The highest BCUT2D eigenvalue weighted by molar-refractivity contribution is 7.07. The SMILES string of the molecule is CCOC(=O)C1=C(C)N=c2s/c(=C\c3ccc[nH]3)c(=O)n2[C@@H]1c1ccc(OC)cc1. The molecular weight excluding hydrogens is 402 g/mol. The molecule has 2 aromatic heterocycles. The Kier molecular flexibility index (Phi) is 5.41. The van der Waals surface area contributed by atoms with Gasteiger partial charge in [0.05, 0.1) is 35.6 Å². The van der Waals surface area contributed by atoms with Crippen molar-refractivity contribution >= 4 is 23.4 Å².